The molecule has 170 valence electrons. The van der Waals surface area contributed by atoms with E-state index in [9.17, 15) is 13.2 Å². The molecule has 2 aromatic carbocycles. The van der Waals surface area contributed by atoms with Gasteiger partial charge in [0.25, 0.3) is 5.91 Å². The maximum atomic E-state index is 13.4. The number of hydrogen-bond donors (Lipinski definition) is 1. The van der Waals surface area contributed by atoms with Gasteiger partial charge in [0, 0.05) is 17.9 Å². The highest BCUT2D eigenvalue weighted by atomic mass is 32.2. The third-order valence-corrected chi connectivity index (χ3v) is 6.65. The smallest absolute Gasteiger partial charge is 0.252 e. The van der Waals surface area contributed by atoms with Crippen LogP contribution >= 0.6 is 0 Å². The van der Waals surface area contributed by atoms with Gasteiger partial charge < -0.3 is 5.32 Å². The highest BCUT2D eigenvalue weighted by Gasteiger charge is 2.20. The summed E-state index contributed by atoms with van der Waals surface area (Å²) in [5.74, 6) is -0.248. The van der Waals surface area contributed by atoms with E-state index < -0.39 is 9.84 Å². The second-order valence-corrected chi connectivity index (χ2v) is 10.4. The number of nitrogens with one attached hydrogen (secondary N) is 1. The number of rotatable bonds is 6. The summed E-state index contributed by atoms with van der Waals surface area (Å²) in [7, 11) is -3.28. The van der Waals surface area contributed by atoms with Gasteiger partial charge in [0.2, 0.25) is 0 Å². The van der Waals surface area contributed by atoms with Crippen LogP contribution in [0.4, 0.5) is 0 Å². The summed E-state index contributed by atoms with van der Waals surface area (Å²) in [4.78, 5) is 18.4. The number of carbonyl (C=O) groups excluding carboxylic acids is 1. The molecule has 7 nitrogen and oxygen atoms in total. The molecule has 2 aromatic heterocycles. The first kappa shape index (κ1) is 22.7. The Labute approximate surface area is 193 Å². The Hall–Kier alpha value is -3.52. The monoisotopic (exact) mass is 462 g/mol. The molecule has 0 aliphatic carbocycles. The zero-order valence-electron chi connectivity index (χ0n) is 19.0. The number of hydrogen-bond acceptors (Lipinski definition) is 5. The van der Waals surface area contributed by atoms with E-state index >= 15 is 0 Å². The van der Waals surface area contributed by atoms with E-state index in [1.54, 1.807) is 36.5 Å². The van der Waals surface area contributed by atoms with Gasteiger partial charge in [0.15, 0.2) is 15.5 Å². The van der Waals surface area contributed by atoms with E-state index in [0.717, 1.165) is 11.1 Å². The number of amides is 1. The van der Waals surface area contributed by atoms with E-state index in [-0.39, 0.29) is 22.9 Å². The van der Waals surface area contributed by atoms with Crippen LogP contribution in [0.2, 0.25) is 0 Å². The quantitative estimate of drug-likeness (QED) is 0.453. The number of aromatic nitrogens is 3. The number of nitrogens with zero attached hydrogens (tertiary/aromatic N) is 3. The van der Waals surface area contributed by atoms with Crippen molar-refractivity contribution in [2.45, 2.75) is 37.8 Å². The number of fused-ring (bicyclic) bond motifs is 1. The lowest BCUT2D eigenvalue weighted by atomic mass is 10.0. The Kier molecular flexibility index (Phi) is 6.03. The maximum absolute atomic E-state index is 13.4. The van der Waals surface area contributed by atoms with Crippen molar-refractivity contribution >= 4 is 26.8 Å². The summed E-state index contributed by atoms with van der Waals surface area (Å²) in [5.41, 5.74) is 3.56. The topological polar surface area (TPSA) is 93.9 Å². The SMILES string of the molecule is CC(NC(=O)c1cc(-c2ccccc2)nc2c1cnn2C(C)C)c1ccc(S(C)(=O)=O)cc1. The van der Waals surface area contributed by atoms with Crippen molar-refractivity contribution in [2.24, 2.45) is 0 Å². The fraction of sp³-hybridized carbons (Fsp3) is 0.240. The molecule has 1 atom stereocenters. The molecular formula is C25H26N4O3S. The van der Waals surface area contributed by atoms with Crippen molar-refractivity contribution in [1.82, 2.24) is 20.1 Å². The molecular weight excluding hydrogens is 436 g/mol. The van der Waals surface area contributed by atoms with Crippen LogP contribution in [0.25, 0.3) is 22.3 Å². The van der Waals surface area contributed by atoms with Crippen LogP contribution in [0.15, 0.2) is 71.8 Å². The predicted octanol–water partition coefficient (Wildman–Crippen LogP) is 4.57. The molecule has 1 N–H and O–H groups in total. The van der Waals surface area contributed by atoms with Crippen LogP contribution < -0.4 is 5.32 Å². The first-order chi connectivity index (χ1) is 15.6. The molecule has 0 aliphatic heterocycles. The minimum Gasteiger partial charge on any atom is -0.345 e. The summed E-state index contributed by atoms with van der Waals surface area (Å²) in [5, 5.41) is 8.17. The normalized spacial score (nSPS) is 12.8. The lowest BCUT2D eigenvalue weighted by molar-refractivity contribution is 0.0941. The Balaban J connectivity index is 1.71. The van der Waals surface area contributed by atoms with E-state index in [1.165, 1.54) is 6.26 Å². The Morgan fingerprint density at radius 1 is 1.00 bits per heavy atom. The highest BCUT2D eigenvalue weighted by molar-refractivity contribution is 7.90. The van der Waals surface area contributed by atoms with Gasteiger partial charge in [-0.15, -0.1) is 0 Å². The van der Waals surface area contributed by atoms with Gasteiger partial charge in [-0.1, -0.05) is 42.5 Å². The van der Waals surface area contributed by atoms with E-state index in [0.29, 0.717) is 22.3 Å². The standard InChI is InChI=1S/C25H26N4O3S/c1-16(2)29-24-22(15-26-29)21(14-23(28-24)19-8-6-5-7-9-19)25(30)27-17(3)18-10-12-20(13-11-18)33(4,31)32/h5-17H,1-4H3,(H,27,30). The lowest BCUT2D eigenvalue weighted by Crippen LogP contribution is -2.27. The number of sulfone groups is 1. The maximum Gasteiger partial charge on any atom is 0.252 e. The van der Waals surface area contributed by atoms with Gasteiger partial charge in [-0.25, -0.2) is 18.1 Å². The lowest BCUT2D eigenvalue weighted by Gasteiger charge is -2.16. The first-order valence-corrected chi connectivity index (χ1v) is 12.6. The van der Waals surface area contributed by atoms with Crippen molar-refractivity contribution in [1.29, 1.82) is 0 Å². The largest absolute Gasteiger partial charge is 0.345 e. The zero-order chi connectivity index (χ0) is 23.8. The fourth-order valence-corrected chi connectivity index (χ4v) is 4.33. The molecule has 0 fully saturated rings. The van der Waals surface area contributed by atoms with Gasteiger partial charge >= 0.3 is 0 Å². The molecule has 0 saturated carbocycles. The third-order valence-electron chi connectivity index (χ3n) is 5.53. The summed E-state index contributed by atoms with van der Waals surface area (Å²) >= 11 is 0. The van der Waals surface area contributed by atoms with Crippen molar-refractivity contribution < 1.29 is 13.2 Å². The molecule has 2 heterocycles. The van der Waals surface area contributed by atoms with Crippen LogP contribution in [0.1, 0.15) is 48.8 Å². The molecule has 0 bridgehead atoms. The number of pyridine rings is 1. The summed E-state index contributed by atoms with van der Waals surface area (Å²) in [6.45, 7) is 5.90. The van der Waals surface area contributed by atoms with Crippen molar-refractivity contribution in [3.63, 3.8) is 0 Å². The Bertz CT molecular complexity index is 1410. The molecule has 4 rings (SSSR count). The second-order valence-electron chi connectivity index (χ2n) is 8.38. The fourth-order valence-electron chi connectivity index (χ4n) is 3.70. The van der Waals surface area contributed by atoms with Gasteiger partial charge in [-0.3, -0.25) is 4.79 Å². The molecule has 0 radical (unpaired) electrons. The molecule has 0 aliphatic rings. The molecule has 0 saturated heterocycles. The minimum atomic E-state index is -3.28. The average molecular weight is 463 g/mol. The molecule has 1 unspecified atom stereocenters. The number of carbonyl (C=O) groups is 1. The van der Waals surface area contributed by atoms with Crippen molar-refractivity contribution in [2.75, 3.05) is 6.26 Å². The van der Waals surface area contributed by atoms with Gasteiger partial charge in [0.05, 0.1) is 33.8 Å². The molecule has 33 heavy (non-hydrogen) atoms. The highest BCUT2D eigenvalue weighted by Crippen LogP contribution is 2.27. The third kappa shape index (κ3) is 4.66. The van der Waals surface area contributed by atoms with Crippen molar-refractivity contribution in [3.05, 3.63) is 78.0 Å². The number of benzene rings is 2. The van der Waals surface area contributed by atoms with Crippen LogP contribution in [0, 0.1) is 0 Å². The van der Waals surface area contributed by atoms with Gasteiger partial charge in [0.1, 0.15) is 0 Å². The van der Waals surface area contributed by atoms with E-state index in [4.69, 9.17) is 4.98 Å². The first-order valence-electron chi connectivity index (χ1n) is 10.7. The summed E-state index contributed by atoms with van der Waals surface area (Å²) < 4.78 is 25.2. The zero-order valence-corrected chi connectivity index (χ0v) is 19.8. The van der Waals surface area contributed by atoms with E-state index in [2.05, 4.69) is 10.4 Å². The molecule has 1 amide bonds. The van der Waals surface area contributed by atoms with Crippen LogP contribution in [0.5, 0.6) is 0 Å². The van der Waals surface area contributed by atoms with Crippen LogP contribution in [-0.4, -0.2) is 35.3 Å². The average Bonchev–Trinajstić information content (AvgIpc) is 3.23. The Morgan fingerprint density at radius 2 is 1.67 bits per heavy atom. The van der Waals surface area contributed by atoms with Gasteiger partial charge in [-0.05, 0) is 44.5 Å². The molecule has 8 heteroatoms. The summed E-state index contributed by atoms with van der Waals surface area (Å²) in [6, 6.07) is 17.8. The molecule has 4 aromatic rings. The second kappa shape index (κ2) is 8.78. The minimum absolute atomic E-state index is 0.0872. The van der Waals surface area contributed by atoms with Crippen LogP contribution in [-0.2, 0) is 9.84 Å². The van der Waals surface area contributed by atoms with Crippen molar-refractivity contribution in [3.8, 4) is 11.3 Å². The Morgan fingerprint density at radius 3 is 2.27 bits per heavy atom. The van der Waals surface area contributed by atoms with Gasteiger partial charge in [-0.2, -0.15) is 5.10 Å². The predicted molar refractivity (Wildman–Crippen MR) is 129 cm³/mol. The van der Waals surface area contributed by atoms with Crippen LogP contribution in [0.3, 0.4) is 0 Å². The van der Waals surface area contributed by atoms with E-state index in [1.807, 2.05) is 55.8 Å². The summed E-state index contributed by atoms with van der Waals surface area (Å²) in [6.07, 6.45) is 2.85. The molecule has 0 spiro atoms.